The molecule has 6 unspecified atom stereocenters. The minimum atomic E-state index is -2.92. The van der Waals surface area contributed by atoms with Gasteiger partial charge in [-0.15, -0.1) is 0 Å². The van der Waals surface area contributed by atoms with Gasteiger partial charge in [0.05, 0.1) is 39.6 Å². The maximum absolute atomic E-state index is 9.81. The summed E-state index contributed by atoms with van der Waals surface area (Å²) >= 11 is 0. The molecule has 0 aromatic rings. The van der Waals surface area contributed by atoms with Gasteiger partial charge in [-0.05, 0) is 38.5 Å². The van der Waals surface area contributed by atoms with E-state index in [1.807, 2.05) is 0 Å². The Kier molecular flexibility index (Phi) is 87.1. The maximum atomic E-state index is 9.81. The molecule has 0 amide bonds. The van der Waals surface area contributed by atoms with Crippen LogP contribution in [0.25, 0.3) is 0 Å². The summed E-state index contributed by atoms with van der Waals surface area (Å²) in [6.45, 7) is 14.5. The molecule has 55 heavy (non-hydrogen) atoms. The number of rotatable bonds is 30. The van der Waals surface area contributed by atoms with Crippen molar-refractivity contribution in [3.8, 4) is 0 Å². The summed E-state index contributed by atoms with van der Waals surface area (Å²) in [5.41, 5.74) is 0. The maximum Gasteiger partial charge on any atom is 6.00 e. The topological polar surface area (TPSA) is 296 Å². The fraction of sp³-hybridized carbons (Fsp3) is 1.00. The van der Waals surface area contributed by atoms with Crippen LogP contribution in [0.5, 0.6) is 0 Å². The molecular weight excluding hydrogens is 930 g/mol. The molecule has 0 saturated carbocycles. The van der Waals surface area contributed by atoms with Gasteiger partial charge in [-0.3, -0.25) is 0 Å². The van der Waals surface area contributed by atoms with E-state index in [0.29, 0.717) is 39.6 Å². The molecule has 0 N–H and O–H groups in total. The smallest absolute Gasteiger partial charge is 0.781 e. The Bertz CT molecular complexity index is 683. The van der Waals surface area contributed by atoms with E-state index in [4.69, 9.17) is 0 Å². The van der Waals surface area contributed by atoms with Crippen LogP contribution in [-0.4, -0.2) is 39.6 Å². The van der Waals surface area contributed by atoms with Crippen LogP contribution in [0.2, 0.25) is 0 Å². The Labute approximate surface area is 349 Å². The first-order chi connectivity index (χ1) is 25.6. The second-order valence-electron chi connectivity index (χ2n) is 10.8. The monoisotopic (exact) mass is 1000 g/mol. The Hall–Kier alpha value is 1.59. The summed E-state index contributed by atoms with van der Waals surface area (Å²) in [4.78, 5) is 58.9. The van der Waals surface area contributed by atoms with Crippen molar-refractivity contribution in [2.75, 3.05) is 39.6 Å². The van der Waals surface area contributed by atoms with Crippen LogP contribution in [0.4, 0.5) is 0 Å². The summed E-state index contributed by atoms with van der Waals surface area (Å²) < 4.78 is 84.9. The van der Waals surface area contributed by atoms with Crippen molar-refractivity contribution in [3.63, 3.8) is 0 Å². The molecule has 0 aliphatic carbocycles. The summed E-state index contributed by atoms with van der Waals surface area (Å²) in [5, 5.41) is 0. The van der Waals surface area contributed by atoms with Crippen molar-refractivity contribution >= 4 is 49.5 Å². The third-order valence-corrected chi connectivity index (χ3v) is 8.45. The second kappa shape index (κ2) is 67.4. The van der Waals surface area contributed by atoms with Crippen LogP contribution in [-0.2, 0) is 75.6 Å². The zero-order valence-corrected chi connectivity index (χ0v) is 41.7. The first kappa shape index (κ1) is 71.1. The summed E-state index contributed by atoms with van der Waals surface area (Å²) in [7, 11) is -17.5. The normalized spacial score (nSPS) is 13.3. The molecule has 0 aromatic heterocycles. The van der Waals surface area contributed by atoms with Crippen molar-refractivity contribution in [2.24, 2.45) is 0 Å². The van der Waals surface area contributed by atoms with E-state index in [1.165, 1.54) is 0 Å². The fourth-order valence-electron chi connectivity index (χ4n) is 3.05. The molecule has 18 nitrogen and oxygen atoms in total. The average Bonchev–Trinajstić information content (AvgIpc) is 3.10. The van der Waals surface area contributed by atoms with Gasteiger partial charge in [0.1, 0.15) is 49.5 Å². The molecule has 336 valence electrons. The first-order valence-corrected chi connectivity index (χ1v) is 26.0. The van der Waals surface area contributed by atoms with Crippen molar-refractivity contribution in [2.45, 2.75) is 157 Å². The molecule has 25 heteroatoms. The average molecular weight is 1000 g/mol. The van der Waals surface area contributed by atoms with Gasteiger partial charge >= 0.3 is 21.1 Å². The van der Waals surface area contributed by atoms with E-state index in [2.05, 4.69) is 68.7 Å². The van der Waals surface area contributed by atoms with Crippen LogP contribution < -0.4 is 29.4 Å². The van der Waals surface area contributed by atoms with E-state index in [-0.39, 0.29) is 21.1 Å². The molecule has 0 radical (unpaired) electrons. The van der Waals surface area contributed by atoms with E-state index < -0.39 is 49.5 Å². The quantitative estimate of drug-likeness (QED) is 0.0476. The molecule has 0 aliphatic heterocycles. The third-order valence-electron chi connectivity index (χ3n) is 5.81. The van der Waals surface area contributed by atoms with Gasteiger partial charge in [0.15, 0.2) is 0 Å². The van der Waals surface area contributed by atoms with Gasteiger partial charge in [0.2, 0.25) is 0 Å². The van der Waals surface area contributed by atoms with Gasteiger partial charge < -0.3 is 83.9 Å². The minimum Gasteiger partial charge on any atom is -0.781 e. The summed E-state index contributed by atoms with van der Waals surface area (Å²) in [6.07, 6.45) is 17.8. The van der Waals surface area contributed by atoms with Gasteiger partial charge in [0, 0.05) is 0 Å². The summed E-state index contributed by atoms with van der Waals surface area (Å²) in [6, 6.07) is 0. The molecule has 6 atom stereocenters. The Morgan fingerprint density at radius 2 is 0.382 bits per heavy atom. The number of hydrogen-bond donors (Lipinski definition) is 0. The SMILES string of the molecule is CCCCCO[PH](=O)[O-].CCCCCO[PH](=O)[O-].CCCCCO[PH](=O)[O-].CCCCCO[PH](=O)[O-].CCCCCO[PH](=O)[O-].CCCCCO[PH](=O)[O-].[Mo+6]. The molecule has 0 fully saturated rings. The predicted molar refractivity (Wildman–Crippen MR) is 207 cm³/mol. The number of unbranched alkanes of at least 4 members (excludes halogenated alkanes) is 12. The molecule has 0 aromatic carbocycles. The van der Waals surface area contributed by atoms with Crippen LogP contribution >= 0.6 is 49.5 Å². The van der Waals surface area contributed by atoms with Gasteiger partial charge in [-0.25, -0.2) is 0 Å². The molecule has 0 bridgehead atoms. The first-order valence-electron chi connectivity index (χ1n) is 18.6. The van der Waals surface area contributed by atoms with Crippen LogP contribution in [0.3, 0.4) is 0 Å². The van der Waals surface area contributed by atoms with Crippen LogP contribution in [0.1, 0.15) is 157 Å². The molecular formula is C30H72MoO18P6. The fourth-order valence-corrected chi connectivity index (χ4v) is 4.91. The van der Waals surface area contributed by atoms with E-state index >= 15 is 0 Å². The molecule has 0 spiro atoms. The van der Waals surface area contributed by atoms with E-state index in [1.54, 1.807) is 0 Å². The van der Waals surface area contributed by atoms with Crippen molar-refractivity contribution in [1.82, 2.24) is 0 Å². The van der Waals surface area contributed by atoms with Gasteiger partial charge in [0.25, 0.3) is 0 Å². The minimum absolute atomic E-state index is 0. The Morgan fingerprint density at radius 3 is 0.455 bits per heavy atom. The van der Waals surface area contributed by atoms with E-state index in [9.17, 15) is 56.8 Å². The van der Waals surface area contributed by atoms with E-state index in [0.717, 1.165) is 116 Å². The van der Waals surface area contributed by atoms with Crippen LogP contribution in [0, 0.1) is 0 Å². The van der Waals surface area contributed by atoms with Crippen molar-refractivity contribution in [1.29, 1.82) is 0 Å². The molecule has 0 saturated heterocycles. The van der Waals surface area contributed by atoms with Crippen molar-refractivity contribution < 1.29 is 105 Å². The van der Waals surface area contributed by atoms with Gasteiger partial charge in [-0.2, -0.15) is 0 Å². The Morgan fingerprint density at radius 1 is 0.273 bits per heavy atom. The zero-order chi connectivity index (χ0) is 42.7. The molecule has 0 rings (SSSR count). The third kappa shape index (κ3) is 113. The van der Waals surface area contributed by atoms with Gasteiger partial charge in [-0.1, -0.05) is 119 Å². The number of hydrogen-bond acceptors (Lipinski definition) is 18. The largest absolute Gasteiger partial charge is 6.00 e. The molecule has 0 aliphatic rings. The van der Waals surface area contributed by atoms with Crippen molar-refractivity contribution in [3.05, 3.63) is 0 Å². The standard InChI is InChI=1S/6C5H13O3P.Mo/c6*1-2-3-4-5-8-9(6)7;/h6*9H,2-5H2,1H3,(H,6,7);/q;;;;;;+6/p-6. The Balaban J connectivity index is -0.000000100. The van der Waals surface area contributed by atoms with Crippen LogP contribution in [0.15, 0.2) is 0 Å². The summed E-state index contributed by atoms with van der Waals surface area (Å²) in [5.74, 6) is 0. The predicted octanol–water partition coefficient (Wildman–Crippen LogP) is 5.66. The second-order valence-corrected chi connectivity index (χ2v) is 15.6. The zero-order valence-electron chi connectivity index (χ0n) is 33.7. The molecule has 0 heterocycles.